The van der Waals surface area contributed by atoms with Crippen LogP contribution in [0.3, 0.4) is 0 Å². The number of fused-ring (bicyclic) bond motifs is 1. The second-order valence-electron chi connectivity index (χ2n) is 5.86. The zero-order valence-corrected chi connectivity index (χ0v) is 16.5. The Labute approximate surface area is 170 Å². The third-order valence-electron chi connectivity index (χ3n) is 4.05. The van der Waals surface area contributed by atoms with E-state index < -0.39 is 5.97 Å². The molecule has 1 aromatic carbocycles. The van der Waals surface area contributed by atoms with Gasteiger partial charge in [-0.3, -0.25) is 0 Å². The molecule has 0 saturated carbocycles. The Bertz CT molecular complexity index is 1140. The highest BCUT2D eigenvalue weighted by Gasteiger charge is 2.17. The van der Waals surface area contributed by atoms with Crippen LogP contribution in [0.25, 0.3) is 16.9 Å². The molecule has 28 heavy (non-hydrogen) atoms. The molecule has 0 bridgehead atoms. The molecular formula is C19H16ClN5O2S. The number of rotatable bonds is 6. The summed E-state index contributed by atoms with van der Waals surface area (Å²) < 4.78 is 7.25. The fraction of sp³-hybridized carbons (Fsp3) is 0.158. The average Bonchev–Trinajstić information content (AvgIpc) is 3.32. The number of thiazole rings is 1. The van der Waals surface area contributed by atoms with E-state index in [9.17, 15) is 4.79 Å². The van der Waals surface area contributed by atoms with Gasteiger partial charge in [-0.15, -0.1) is 11.3 Å². The summed E-state index contributed by atoms with van der Waals surface area (Å²) >= 11 is 7.32. The molecule has 0 spiro atoms. The van der Waals surface area contributed by atoms with Gasteiger partial charge in [0.15, 0.2) is 10.1 Å². The second kappa shape index (κ2) is 7.95. The van der Waals surface area contributed by atoms with Gasteiger partial charge >= 0.3 is 5.97 Å². The zero-order valence-electron chi connectivity index (χ0n) is 14.9. The van der Waals surface area contributed by atoms with E-state index in [4.69, 9.17) is 16.3 Å². The standard InChI is InChI=1S/C19H16ClN5O2S/c1-2-27-18(26)15-11-24-25-16(6-7-21-17(15)25)12-4-3-5-13(8-12)22-9-14-10-23-19(20)28-14/h3-8,10-11,22H,2,9H2,1H3. The molecule has 3 heterocycles. The van der Waals surface area contributed by atoms with Gasteiger partial charge in [-0.25, -0.2) is 19.3 Å². The van der Waals surface area contributed by atoms with Gasteiger partial charge in [0.05, 0.1) is 25.0 Å². The van der Waals surface area contributed by atoms with Crippen molar-refractivity contribution in [3.63, 3.8) is 0 Å². The normalized spacial score (nSPS) is 10.9. The number of halogens is 1. The number of carbonyl (C=O) groups excluding carboxylic acids is 1. The lowest BCUT2D eigenvalue weighted by Crippen LogP contribution is -2.05. The number of nitrogens with one attached hydrogen (secondary N) is 1. The molecule has 9 heteroatoms. The Morgan fingerprint density at radius 3 is 2.96 bits per heavy atom. The third kappa shape index (κ3) is 3.69. The Morgan fingerprint density at radius 1 is 1.29 bits per heavy atom. The molecule has 142 valence electrons. The van der Waals surface area contributed by atoms with Crippen molar-refractivity contribution in [1.82, 2.24) is 19.6 Å². The van der Waals surface area contributed by atoms with Gasteiger partial charge in [-0.1, -0.05) is 23.7 Å². The molecular weight excluding hydrogens is 398 g/mol. The summed E-state index contributed by atoms with van der Waals surface area (Å²) in [5, 5.41) is 7.70. The van der Waals surface area contributed by atoms with Crippen molar-refractivity contribution in [1.29, 1.82) is 0 Å². The summed E-state index contributed by atoms with van der Waals surface area (Å²) in [4.78, 5) is 21.5. The van der Waals surface area contributed by atoms with E-state index in [0.717, 1.165) is 21.8 Å². The molecule has 0 saturated heterocycles. The van der Waals surface area contributed by atoms with E-state index in [0.29, 0.717) is 28.8 Å². The minimum atomic E-state index is -0.430. The lowest BCUT2D eigenvalue weighted by molar-refractivity contribution is 0.0528. The fourth-order valence-electron chi connectivity index (χ4n) is 2.81. The summed E-state index contributed by atoms with van der Waals surface area (Å²) in [5.41, 5.74) is 3.53. The Kier molecular flexibility index (Phi) is 5.23. The first-order valence-corrected chi connectivity index (χ1v) is 9.79. The molecule has 1 N–H and O–H groups in total. The molecule has 0 aliphatic heterocycles. The van der Waals surface area contributed by atoms with E-state index >= 15 is 0 Å². The van der Waals surface area contributed by atoms with Crippen molar-refractivity contribution in [2.45, 2.75) is 13.5 Å². The van der Waals surface area contributed by atoms with Crippen LogP contribution in [0.2, 0.25) is 4.47 Å². The van der Waals surface area contributed by atoms with Gasteiger partial charge in [0.2, 0.25) is 0 Å². The topological polar surface area (TPSA) is 81.4 Å². The van der Waals surface area contributed by atoms with Crippen molar-refractivity contribution in [2.24, 2.45) is 0 Å². The third-order valence-corrected chi connectivity index (χ3v) is 5.16. The van der Waals surface area contributed by atoms with Crippen molar-refractivity contribution in [2.75, 3.05) is 11.9 Å². The number of carbonyl (C=O) groups is 1. The van der Waals surface area contributed by atoms with E-state index in [1.807, 2.05) is 30.3 Å². The SMILES string of the molecule is CCOC(=O)c1cnn2c(-c3cccc(NCc4cnc(Cl)s4)c3)ccnc12. The molecule has 0 fully saturated rings. The highest BCUT2D eigenvalue weighted by atomic mass is 35.5. The Morgan fingerprint density at radius 2 is 2.18 bits per heavy atom. The van der Waals surface area contributed by atoms with Crippen LogP contribution in [-0.4, -0.2) is 32.2 Å². The molecule has 0 atom stereocenters. The van der Waals surface area contributed by atoms with Crippen molar-refractivity contribution in [3.05, 3.63) is 63.8 Å². The lowest BCUT2D eigenvalue weighted by Gasteiger charge is -2.09. The maximum Gasteiger partial charge on any atom is 0.343 e. The number of aromatic nitrogens is 4. The first-order chi connectivity index (χ1) is 13.7. The molecule has 7 nitrogen and oxygen atoms in total. The van der Waals surface area contributed by atoms with Crippen LogP contribution in [0.4, 0.5) is 5.69 Å². The molecule has 4 aromatic rings. The highest BCUT2D eigenvalue weighted by molar-refractivity contribution is 7.15. The number of anilines is 1. The molecule has 0 amide bonds. The average molecular weight is 414 g/mol. The maximum absolute atomic E-state index is 12.1. The molecule has 0 aliphatic carbocycles. The van der Waals surface area contributed by atoms with Crippen LogP contribution < -0.4 is 5.32 Å². The van der Waals surface area contributed by atoms with Crippen LogP contribution in [0, 0.1) is 0 Å². The fourth-order valence-corrected chi connectivity index (χ4v) is 3.72. The molecule has 0 aliphatic rings. The number of hydrogen-bond acceptors (Lipinski definition) is 7. The predicted molar refractivity (Wildman–Crippen MR) is 109 cm³/mol. The van der Waals surface area contributed by atoms with Crippen molar-refractivity contribution in [3.8, 4) is 11.3 Å². The van der Waals surface area contributed by atoms with Crippen LogP contribution >= 0.6 is 22.9 Å². The molecule has 3 aromatic heterocycles. The Balaban J connectivity index is 1.63. The number of ether oxygens (including phenoxy) is 1. The van der Waals surface area contributed by atoms with Crippen LogP contribution in [-0.2, 0) is 11.3 Å². The van der Waals surface area contributed by atoms with Gasteiger partial charge in [-0.05, 0) is 25.1 Å². The smallest absolute Gasteiger partial charge is 0.343 e. The van der Waals surface area contributed by atoms with Crippen LogP contribution in [0.1, 0.15) is 22.2 Å². The first-order valence-electron chi connectivity index (χ1n) is 8.60. The van der Waals surface area contributed by atoms with Gasteiger partial charge in [0, 0.05) is 28.5 Å². The van der Waals surface area contributed by atoms with Gasteiger partial charge < -0.3 is 10.1 Å². The summed E-state index contributed by atoms with van der Waals surface area (Å²) in [7, 11) is 0. The minimum Gasteiger partial charge on any atom is -0.462 e. The van der Waals surface area contributed by atoms with E-state index in [1.165, 1.54) is 17.5 Å². The number of esters is 1. The summed E-state index contributed by atoms with van der Waals surface area (Å²) in [5.74, 6) is -0.430. The number of nitrogens with zero attached hydrogens (tertiary/aromatic N) is 4. The number of benzene rings is 1. The van der Waals surface area contributed by atoms with Gasteiger partial charge in [0.25, 0.3) is 0 Å². The quantitative estimate of drug-likeness (QED) is 0.475. The molecule has 0 unspecified atom stereocenters. The number of hydrogen-bond donors (Lipinski definition) is 1. The highest BCUT2D eigenvalue weighted by Crippen LogP contribution is 2.25. The van der Waals surface area contributed by atoms with Crippen molar-refractivity contribution >= 4 is 40.2 Å². The van der Waals surface area contributed by atoms with Gasteiger partial charge in [0.1, 0.15) is 5.56 Å². The first kappa shape index (κ1) is 18.4. The van der Waals surface area contributed by atoms with Crippen molar-refractivity contribution < 1.29 is 9.53 Å². The van der Waals surface area contributed by atoms with E-state index in [-0.39, 0.29) is 0 Å². The summed E-state index contributed by atoms with van der Waals surface area (Å²) in [6, 6.07) is 9.80. The predicted octanol–water partition coefficient (Wildman–Crippen LogP) is 4.30. The van der Waals surface area contributed by atoms with Crippen LogP contribution in [0.15, 0.2) is 48.9 Å². The summed E-state index contributed by atoms with van der Waals surface area (Å²) in [6.45, 7) is 2.70. The van der Waals surface area contributed by atoms with E-state index in [1.54, 1.807) is 23.8 Å². The van der Waals surface area contributed by atoms with E-state index in [2.05, 4.69) is 20.4 Å². The lowest BCUT2D eigenvalue weighted by atomic mass is 10.1. The second-order valence-corrected chi connectivity index (χ2v) is 7.56. The zero-order chi connectivity index (χ0) is 19.5. The molecule has 0 radical (unpaired) electrons. The summed E-state index contributed by atoms with van der Waals surface area (Å²) in [6.07, 6.45) is 4.91. The van der Waals surface area contributed by atoms with Gasteiger partial charge in [-0.2, -0.15) is 5.10 Å². The maximum atomic E-state index is 12.1. The molecule has 4 rings (SSSR count). The monoisotopic (exact) mass is 413 g/mol. The minimum absolute atomic E-state index is 0.300. The van der Waals surface area contributed by atoms with Crippen LogP contribution in [0.5, 0.6) is 0 Å². The largest absolute Gasteiger partial charge is 0.462 e. The Hall–Kier alpha value is -2.97.